The van der Waals surface area contributed by atoms with E-state index in [1.54, 1.807) is 24.1 Å². The molecule has 2 aromatic rings. The molecule has 0 bridgehead atoms. The molecular formula is C12H17N5O. The van der Waals surface area contributed by atoms with E-state index in [0.29, 0.717) is 17.7 Å². The number of hydrogen-bond donors (Lipinski definition) is 1. The molecule has 0 atom stereocenters. The van der Waals surface area contributed by atoms with Gasteiger partial charge in [-0.2, -0.15) is 10.1 Å². The summed E-state index contributed by atoms with van der Waals surface area (Å²) in [6, 6.07) is 1.71. The number of methoxy groups -OCH3 is 1. The van der Waals surface area contributed by atoms with Crippen LogP contribution in [0.15, 0.2) is 18.5 Å². The molecule has 18 heavy (non-hydrogen) atoms. The summed E-state index contributed by atoms with van der Waals surface area (Å²) in [7, 11) is 3.47. The lowest BCUT2D eigenvalue weighted by Gasteiger charge is -2.07. The van der Waals surface area contributed by atoms with E-state index >= 15 is 0 Å². The fourth-order valence-electron chi connectivity index (χ4n) is 1.66. The van der Waals surface area contributed by atoms with Crippen molar-refractivity contribution in [2.75, 3.05) is 12.4 Å². The van der Waals surface area contributed by atoms with Crippen molar-refractivity contribution in [3.63, 3.8) is 0 Å². The van der Waals surface area contributed by atoms with Crippen molar-refractivity contribution in [3.8, 4) is 5.88 Å². The number of anilines is 2. The van der Waals surface area contributed by atoms with Crippen LogP contribution >= 0.6 is 0 Å². The van der Waals surface area contributed by atoms with E-state index in [2.05, 4.69) is 34.2 Å². The smallest absolute Gasteiger partial charge is 0.230 e. The van der Waals surface area contributed by atoms with Crippen molar-refractivity contribution < 1.29 is 4.74 Å². The van der Waals surface area contributed by atoms with E-state index in [1.807, 2.05) is 13.2 Å². The highest BCUT2D eigenvalue weighted by Gasteiger charge is 2.12. The van der Waals surface area contributed by atoms with Crippen LogP contribution in [0, 0.1) is 0 Å². The molecule has 0 aliphatic heterocycles. The number of rotatable bonds is 4. The number of nitrogens with one attached hydrogen (secondary N) is 1. The maximum absolute atomic E-state index is 5.06. The number of ether oxygens (including phenoxy) is 1. The van der Waals surface area contributed by atoms with Crippen molar-refractivity contribution >= 4 is 11.6 Å². The van der Waals surface area contributed by atoms with Gasteiger partial charge in [-0.05, 0) is 5.92 Å². The average molecular weight is 247 g/mol. The van der Waals surface area contributed by atoms with Gasteiger partial charge in [-0.25, -0.2) is 4.98 Å². The molecule has 0 saturated heterocycles. The SMILES string of the molecule is COc1ccnc(Nc2cn(C)nc2C(C)C)n1. The van der Waals surface area contributed by atoms with Gasteiger partial charge in [0.05, 0.1) is 18.5 Å². The summed E-state index contributed by atoms with van der Waals surface area (Å²) in [5, 5.41) is 7.58. The predicted molar refractivity (Wildman–Crippen MR) is 69.2 cm³/mol. The zero-order valence-corrected chi connectivity index (χ0v) is 11.0. The Hall–Kier alpha value is -2.11. The summed E-state index contributed by atoms with van der Waals surface area (Å²) in [5.41, 5.74) is 1.91. The van der Waals surface area contributed by atoms with Gasteiger partial charge in [-0.15, -0.1) is 0 Å². The Kier molecular flexibility index (Phi) is 3.45. The van der Waals surface area contributed by atoms with E-state index < -0.39 is 0 Å². The van der Waals surface area contributed by atoms with Gasteiger partial charge >= 0.3 is 0 Å². The lowest BCUT2D eigenvalue weighted by Crippen LogP contribution is -2.00. The highest BCUT2D eigenvalue weighted by atomic mass is 16.5. The Morgan fingerprint density at radius 2 is 2.17 bits per heavy atom. The zero-order chi connectivity index (χ0) is 13.1. The molecule has 0 fully saturated rings. The lowest BCUT2D eigenvalue weighted by molar-refractivity contribution is 0.397. The maximum atomic E-state index is 5.06. The van der Waals surface area contributed by atoms with Gasteiger partial charge in [0.1, 0.15) is 0 Å². The fraction of sp³-hybridized carbons (Fsp3) is 0.417. The van der Waals surface area contributed by atoms with Gasteiger partial charge < -0.3 is 10.1 Å². The summed E-state index contributed by atoms with van der Waals surface area (Å²) in [6.07, 6.45) is 3.57. The third-order valence-corrected chi connectivity index (χ3v) is 2.49. The normalized spacial score (nSPS) is 10.7. The van der Waals surface area contributed by atoms with Crippen molar-refractivity contribution in [2.45, 2.75) is 19.8 Å². The van der Waals surface area contributed by atoms with Crippen LogP contribution in [0.3, 0.4) is 0 Å². The second kappa shape index (κ2) is 5.03. The predicted octanol–water partition coefficient (Wildman–Crippen LogP) is 2.09. The van der Waals surface area contributed by atoms with E-state index in [-0.39, 0.29) is 0 Å². The molecule has 0 saturated carbocycles. The van der Waals surface area contributed by atoms with Crippen LogP contribution in [0.5, 0.6) is 5.88 Å². The third-order valence-electron chi connectivity index (χ3n) is 2.49. The van der Waals surface area contributed by atoms with E-state index in [1.165, 1.54) is 0 Å². The van der Waals surface area contributed by atoms with Gasteiger partial charge in [0.2, 0.25) is 11.8 Å². The first-order valence-corrected chi connectivity index (χ1v) is 5.77. The Labute approximate surface area is 106 Å². The van der Waals surface area contributed by atoms with E-state index in [0.717, 1.165) is 11.4 Å². The summed E-state index contributed by atoms with van der Waals surface area (Å²) in [5.74, 6) is 1.37. The second-order valence-electron chi connectivity index (χ2n) is 4.30. The van der Waals surface area contributed by atoms with Crippen LogP contribution in [0.2, 0.25) is 0 Å². The van der Waals surface area contributed by atoms with Gasteiger partial charge in [-0.1, -0.05) is 13.8 Å². The Balaban J connectivity index is 2.27. The maximum Gasteiger partial charge on any atom is 0.230 e. The van der Waals surface area contributed by atoms with E-state index in [4.69, 9.17) is 4.74 Å². The molecule has 2 rings (SSSR count). The summed E-state index contributed by atoms with van der Waals surface area (Å²) in [6.45, 7) is 4.19. The number of nitrogens with zero attached hydrogens (tertiary/aromatic N) is 4. The van der Waals surface area contributed by atoms with Crippen LogP contribution < -0.4 is 10.1 Å². The Bertz CT molecular complexity index is 535. The van der Waals surface area contributed by atoms with Gasteiger partial charge in [0.25, 0.3) is 0 Å². The lowest BCUT2D eigenvalue weighted by atomic mass is 10.1. The molecule has 0 spiro atoms. The molecule has 6 heteroatoms. The van der Waals surface area contributed by atoms with Crippen molar-refractivity contribution in [2.24, 2.45) is 7.05 Å². The number of aromatic nitrogens is 4. The summed E-state index contributed by atoms with van der Waals surface area (Å²) in [4.78, 5) is 8.37. The third kappa shape index (κ3) is 2.58. The van der Waals surface area contributed by atoms with E-state index in [9.17, 15) is 0 Å². The molecule has 0 aromatic carbocycles. The molecule has 0 radical (unpaired) electrons. The Morgan fingerprint density at radius 3 is 2.83 bits per heavy atom. The largest absolute Gasteiger partial charge is 0.481 e. The first kappa shape index (κ1) is 12.3. The monoisotopic (exact) mass is 247 g/mol. The van der Waals surface area contributed by atoms with Gasteiger partial charge in [-0.3, -0.25) is 4.68 Å². The van der Waals surface area contributed by atoms with Crippen LogP contribution in [-0.4, -0.2) is 26.9 Å². The van der Waals surface area contributed by atoms with Gasteiger partial charge in [0, 0.05) is 25.5 Å². The molecule has 0 unspecified atom stereocenters. The molecule has 1 N–H and O–H groups in total. The quantitative estimate of drug-likeness (QED) is 0.896. The topological polar surface area (TPSA) is 64.9 Å². The fourth-order valence-corrected chi connectivity index (χ4v) is 1.66. The first-order chi connectivity index (χ1) is 8.60. The minimum atomic E-state index is 0.333. The number of aryl methyl sites for hydroxylation is 1. The van der Waals surface area contributed by atoms with Crippen LogP contribution in [0.4, 0.5) is 11.6 Å². The number of hydrogen-bond acceptors (Lipinski definition) is 5. The molecular weight excluding hydrogens is 230 g/mol. The van der Waals surface area contributed by atoms with Crippen LogP contribution in [-0.2, 0) is 7.05 Å². The standard InChI is InChI=1S/C12H17N5O/c1-8(2)11-9(7-17(3)16-11)14-12-13-6-5-10(15-12)18-4/h5-8H,1-4H3,(H,13,14,15). The first-order valence-electron chi connectivity index (χ1n) is 5.77. The average Bonchev–Trinajstić information content (AvgIpc) is 2.70. The molecule has 0 aliphatic rings. The van der Waals surface area contributed by atoms with Crippen molar-refractivity contribution in [1.82, 2.24) is 19.7 Å². The second-order valence-corrected chi connectivity index (χ2v) is 4.30. The van der Waals surface area contributed by atoms with Crippen molar-refractivity contribution in [3.05, 3.63) is 24.2 Å². The highest BCUT2D eigenvalue weighted by Crippen LogP contribution is 2.24. The molecule has 0 amide bonds. The van der Waals surface area contributed by atoms with Crippen LogP contribution in [0.25, 0.3) is 0 Å². The van der Waals surface area contributed by atoms with Crippen molar-refractivity contribution in [1.29, 1.82) is 0 Å². The summed E-state index contributed by atoms with van der Waals surface area (Å²) >= 11 is 0. The minimum Gasteiger partial charge on any atom is -0.481 e. The molecule has 2 heterocycles. The minimum absolute atomic E-state index is 0.333. The van der Waals surface area contributed by atoms with Crippen LogP contribution in [0.1, 0.15) is 25.5 Å². The summed E-state index contributed by atoms with van der Waals surface area (Å²) < 4.78 is 6.84. The zero-order valence-electron chi connectivity index (χ0n) is 11.0. The molecule has 96 valence electrons. The molecule has 0 aliphatic carbocycles. The molecule has 2 aromatic heterocycles. The molecule has 6 nitrogen and oxygen atoms in total. The highest BCUT2D eigenvalue weighted by molar-refractivity contribution is 5.56. The Morgan fingerprint density at radius 1 is 1.39 bits per heavy atom. The van der Waals surface area contributed by atoms with Gasteiger partial charge in [0.15, 0.2) is 0 Å².